The van der Waals surface area contributed by atoms with E-state index in [9.17, 15) is 0 Å². The molecule has 0 saturated heterocycles. The average molecular weight is 759 g/mol. The number of rotatable bonds is 5. The number of benzene rings is 12. The molecule has 278 valence electrons. The lowest BCUT2D eigenvalue weighted by atomic mass is 9.83. The molecule has 0 heteroatoms. The van der Waals surface area contributed by atoms with Gasteiger partial charge in [0.15, 0.2) is 0 Å². The Kier molecular flexibility index (Phi) is 7.96. The topological polar surface area (TPSA) is 0 Å². The summed E-state index contributed by atoms with van der Waals surface area (Å²) in [6.07, 6.45) is 0. The largest absolute Gasteiger partial charge is 0.0622 e. The zero-order chi connectivity index (χ0) is 39.6. The Balaban J connectivity index is 1.16. The van der Waals surface area contributed by atoms with E-state index in [1.165, 1.54) is 120 Å². The molecule has 0 saturated carbocycles. The Morgan fingerprint density at radius 1 is 0.167 bits per heavy atom. The molecule has 0 aromatic heterocycles. The minimum Gasteiger partial charge on any atom is -0.0622 e. The van der Waals surface area contributed by atoms with Gasteiger partial charge in [-0.3, -0.25) is 0 Å². The summed E-state index contributed by atoms with van der Waals surface area (Å²) in [5.41, 5.74) is 12.3. The van der Waals surface area contributed by atoms with Crippen LogP contribution in [0.2, 0.25) is 0 Å². The van der Waals surface area contributed by atoms with Crippen molar-refractivity contribution in [3.8, 4) is 55.6 Å². The lowest BCUT2D eigenvalue weighted by Gasteiger charge is -2.20. The van der Waals surface area contributed by atoms with Crippen molar-refractivity contribution in [3.05, 3.63) is 231 Å². The molecule has 0 N–H and O–H groups in total. The van der Waals surface area contributed by atoms with Gasteiger partial charge < -0.3 is 0 Å². The SMILES string of the molecule is c1ccc(-c2c3ccccc3c(-c3ccc4cc(-c5ccc6ccccc6c5)cc(-c5ccccc5-c5cc6ccccc6c6ccccc56)c4c3)c3ccccc23)cc1. The van der Waals surface area contributed by atoms with E-state index in [0.29, 0.717) is 0 Å². The minimum absolute atomic E-state index is 1.21. The van der Waals surface area contributed by atoms with E-state index < -0.39 is 0 Å². The molecule has 0 aliphatic carbocycles. The molecule has 0 bridgehead atoms. The molecule has 0 aliphatic heterocycles. The molecule has 0 unspecified atom stereocenters. The fraction of sp³-hybridized carbons (Fsp3) is 0. The van der Waals surface area contributed by atoms with Crippen LogP contribution < -0.4 is 0 Å². The van der Waals surface area contributed by atoms with Gasteiger partial charge in [-0.1, -0.05) is 200 Å². The van der Waals surface area contributed by atoms with Gasteiger partial charge in [0.25, 0.3) is 0 Å². The van der Waals surface area contributed by atoms with Crippen molar-refractivity contribution in [1.82, 2.24) is 0 Å². The summed E-state index contributed by atoms with van der Waals surface area (Å²) in [6, 6.07) is 85.3. The predicted octanol–water partition coefficient (Wildman–Crippen LogP) is 16.9. The first kappa shape index (κ1) is 34.3. The summed E-state index contributed by atoms with van der Waals surface area (Å²) in [5, 5.41) is 15.0. The molecular weight excluding hydrogens is 721 g/mol. The second kappa shape index (κ2) is 13.9. The zero-order valence-electron chi connectivity index (χ0n) is 32.9. The van der Waals surface area contributed by atoms with Crippen LogP contribution in [-0.4, -0.2) is 0 Å². The summed E-state index contributed by atoms with van der Waals surface area (Å²) in [4.78, 5) is 0. The van der Waals surface area contributed by atoms with Crippen molar-refractivity contribution >= 4 is 64.6 Å². The first-order valence-electron chi connectivity index (χ1n) is 20.8. The van der Waals surface area contributed by atoms with Crippen LogP contribution in [0.5, 0.6) is 0 Å². The highest BCUT2D eigenvalue weighted by atomic mass is 14.2. The molecule has 0 spiro atoms. The summed E-state index contributed by atoms with van der Waals surface area (Å²) >= 11 is 0. The molecule has 12 aromatic carbocycles. The third kappa shape index (κ3) is 5.53. The monoisotopic (exact) mass is 758 g/mol. The quantitative estimate of drug-likeness (QED) is 0.121. The molecular formula is C60H38. The van der Waals surface area contributed by atoms with E-state index in [4.69, 9.17) is 0 Å². The summed E-state index contributed by atoms with van der Waals surface area (Å²) in [5.74, 6) is 0. The van der Waals surface area contributed by atoms with E-state index in [-0.39, 0.29) is 0 Å². The van der Waals surface area contributed by atoms with Crippen molar-refractivity contribution in [2.24, 2.45) is 0 Å². The van der Waals surface area contributed by atoms with Crippen molar-refractivity contribution in [3.63, 3.8) is 0 Å². The molecule has 0 aliphatic rings. The molecule has 0 fully saturated rings. The van der Waals surface area contributed by atoms with Crippen molar-refractivity contribution in [2.45, 2.75) is 0 Å². The van der Waals surface area contributed by atoms with Gasteiger partial charge in [-0.2, -0.15) is 0 Å². The number of fused-ring (bicyclic) bond motifs is 7. The Bertz CT molecular complexity index is 3590. The molecule has 0 heterocycles. The van der Waals surface area contributed by atoms with Crippen LogP contribution in [-0.2, 0) is 0 Å². The van der Waals surface area contributed by atoms with E-state index in [0.717, 1.165) is 0 Å². The second-order valence-electron chi connectivity index (χ2n) is 16.0. The van der Waals surface area contributed by atoms with E-state index in [1.54, 1.807) is 0 Å². The van der Waals surface area contributed by atoms with E-state index in [1.807, 2.05) is 0 Å². The van der Waals surface area contributed by atoms with Crippen LogP contribution in [0, 0.1) is 0 Å². The Hall–Kier alpha value is -7.80. The van der Waals surface area contributed by atoms with Gasteiger partial charge in [0, 0.05) is 0 Å². The van der Waals surface area contributed by atoms with Gasteiger partial charge >= 0.3 is 0 Å². The molecule has 0 radical (unpaired) electrons. The highest BCUT2D eigenvalue weighted by Gasteiger charge is 2.20. The van der Waals surface area contributed by atoms with Crippen molar-refractivity contribution in [2.75, 3.05) is 0 Å². The number of hydrogen-bond acceptors (Lipinski definition) is 0. The second-order valence-corrected chi connectivity index (χ2v) is 16.0. The maximum Gasteiger partial charge on any atom is -0.00261 e. The number of hydrogen-bond donors (Lipinski definition) is 0. The van der Waals surface area contributed by atoms with E-state index >= 15 is 0 Å². The normalized spacial score (nSPS) is 11.7. The average Bonchev–Trinajstić information content (AvgIpc) is 3.32. The first-order valence-corrected chi connectivity index (χ1v) is 20.8. The highest BCUT2D eigenvalue weighted by Crippen LogP contribution is 2.47. The molecule has 0 amide bonds. The summed E-state index contributed by atoms with van der Waals surface area (Å²) in [6.45, 7) is 0. The third-order valence-corrected chi connectivity index (χ3v) is 12.6. The van der Waals surface area contributed by atoms with Crippen LogP contribution >= 0.6 is 0 Å². The van der Waals surface area contributed by atoms with Crippen LogP contribution in [0.1, 0.15) is 0 Å². The van der Waals surface area contributed by atoms with Gasteiger partial charge in [-0.05, 0) is 151 Å². The van der Waals surface area contributed by atoms with Gasteiger partial charge in [0.2, 0.25) is 0 Å². The highest BCUT2D eigenvalue weighted by molar-refractivity contribution is 6.22. The molecule has 12 aromatic rings. The van der Waals surface area contributed by atoms with Crippen LogP contribution in [0.3, 0.4) is 0 Å². The van der Waals surface area contributed by atoms with Crippen molar-refractivity contribution < 1.29 is 0 Å². The maximum absolute atomic E-state index is 2.46. The van der Waals surface area contributed by atoms with Gasteiger partial charge in [-0.25, -0.2) is 0 Å². The van der Waals surface area contributed by atoms with Gasteiger partial charge in [0.05, 0.1) is 0 Å². The Morgan fingerprint density at radius 2 is 0.617 bits per heavy atom. The van der Waals surface area contributed by atoms with E-state index in [2.05, 4.69) is 231 Å². The lowest BCUT2D eigenvalue weighted by Crippen LogP contribution is -1.93. The summed E-state index contributed by atoms with van der Waals surface area (Å²) in [7, 11) is 0. The smallest absolute Gasteiger partial charge is 0.00261 e. The fourth-order valence-corrected chi connectivity index (χ4v) is 9.86. The molecule has 0 atom stereocenters. The summed E-state index contributed by atoms with van der Waals surface area (Å²) < 4.78 is 0. The zero-order valence-corrected chi connectivity index (χ0v) is 32.9. The Morgan fingerprint density at radius 3 is 1.30 bits per heavy atom. The van der Waals surface area contributed by atoms with Crippen LogP contribution in [0.15, 0.2) is 231 Å². The van der Waals surface area contributed by atoms with Crippen molar-refractivity contribution in [1.29, 1.82) is 0 Å². The standard InChI is InChI=1S/C60H38/c1-2-17-40(18-3-1)59-52-26-12-14-28-54(52)60(55-29-15-13-27-53(55)59)45-33-32-44-35-46(42-31-30-39-16-4-5-19-41(39)34-42)38-58(56(44)37-45)51-25-11-10-24-50(51)57-36-43-20-6-7-21-47(43)48-22-8-9-23-49(48)57/h1-38H. The Labute approximate surface area is 349 Å². The minimum atomic E-state index is 1.21. The third-order valence-electron chi connectivity index (χ3n) is 12.6. The first-order chi connectivity index (χ1) is 29.8. The maximum atomic E-state index is 2.46. The molecule has 0 nitrogen and oxygen atoms in total. The molecule has 12 rings (SSSR count). The fourth-order valence-electron chi connectivity index (χ4n) is 9.86. The molecule has 60 heavy (non-hydrogen) atoms. The van der Waals surface area contributed by atoms with Crippen LogP contribution in [0.25, 0.3) is 120 Å². The lowest BCUT2D eigenvalue weighted by molar-refractivity contribution is 1.61. The van der Waals surface area contributed by atoms with Gasteiger partial charge in [-0.15, -0.1) is 0 Å². The van der Waals surface area contributed by atoms with Gasteiger partial charge in [0.1, 0.15) is 0 Å². The van der Waals surface area contributed by atoms with Crippen LogP contribution in [0.4, 0.5) is 0 Å². The predicted molar refractivity (Wildman–Crippen MR) is 259 cm³/mol.